The predicted molar refractivity (Wildman–Crippen MR) is 115 cm³/mol. The fourth-order valence-corrected chi connectivity index (χ4v) is 4.71. The maximum Gasteiger partial charge on any atom is 0.245 e. The van der Waals surface area contributed by atoms with Gasteiger partial charge in [-0.2, -0.15) is 4.72 Å². The fourth-order valence-electron chi connectivity index (χ4n) is 3.08. The summed E-state index contributed by atoms with van der Waals surface area (Å²) in [6, 6.07) is 7.14. The highest BCUT2D eigenvalue weighted by Gasteiger charge is 2.26. The van der Waals surface area contributed by atoms with Crippen LogP contribution >= 0.6 is 11.6 Å². The molecule has 2 N–H and O–H groups in total. The Hall–Kier alpha value is -2.09. The van der Waals surface area contributed by atoms with Crippen LogP contribution in [0.25, 0.3) is 0 Å². The average Bonchev–Trinajstić information content (AvgIpc) is 2.64. The molecule has 0 fully saturated rings. The van der Waals surface area contributed by atoms with Crippen LogP contribution in [-0.4, -0.2) is 27.5 Å². The number of methoxy groups -OCH3 is 1. The van der Waals surface area contributed by atoms with E-state index in [0.29, 0.717) is 0 Å². The molecule has 0 radical (unpaired) electrons. The largest absolute Gasteiger partial charge is 0.495 e. The van der Waals surface area contributed by atoms with E-state index >= 15 is 0 Å². The van der Waals surface area contributed by atoms with Crippen molar-refractivity contribution in [3.05, 3.63) is 57.6 Å². The van der Waals surface area contributed by atoms with Crippen LogP contribution in [0, 0.1) is 20.8 Å². The highest BCUT2D eigenvalue weighted by molar-refractivity contribution is 7.89. The molecule has 0 heterocycles. The number of sulfonamides is 1. The molecule has 0 aliphatic heterocycles. The van der Waals surface area contributed by atoms with Gasteiger partial charge in [-0.25, -0.2) is 8.42 Å². The summed E-state index contributed by atoms with van der Waals surface area (Å²) in [5, 5.41) is 3.13. The van der Waals surface area contributed by atoms with Crippen LogP contribution < -0.4 is 14.8 Å². The van der Waals surface area contributed by atoms with Crippen molar-refractivity contribution < 1.29 is 17.9 Å². The molecule has 2 aromatic carbocycles. The number of rotatable bonds is 7. The van der Waals surface area contributed by atoms with Crippen molar-refractivity contribution in [2.24, 2.45) is 0 Å². The second-order valence-corrected chi connectivity index (χ2v) is 9.28. The Morgan fingerprint density at radius 2 is 1.66 bits per heavy atom. The first-order chi connectivity index (χ1) is 13.5. The Morgan fingerprint density at radius 3 is 2.28 bits per heavy atom. The lowest BCUT2D eigenvalue weighted by Crippen LogP contribution is -2.45. The van der Waals surface area contributed by atoms with Crippen molar-refractivity contribution in [2.75, 3.05) is 7.11 Å². The number of carbonyl (C=O) groups is 1. The predicted octanol–water partition coefficient (Wildman–Crippen LogP) is 3.82. The van der Waals surface area contributed by atoms with Crippen LogP contribution in [0.3, 0.4) is 0 Å². The summed E-state index contributed by atoms with van der Waals surface area (Å²) in [4.78, 5) is 12.5. The zero-order chi connectivity index (χ0) is 21.9. The highest BCUT2D eigenvalue weighted by atomic mass is 35.5. The molecule has 0 spiro atoms. The third-order valence-corrected chi connectivity index (χ3v) is 6.65. The number of ether oxygens (including phenoxy) is 1. The second-order valence-electron chi connectivity index (χ2n) is 7.16. The Bertz CT molecular complexity index is 1020. The van der Waals surface area contributed by atoms with Crippen LogP contribution in [-0.2, 0) is 14.8 Å². The molecule has 8 heteroatoms. The number of carbonyl (C=O) groups excluding carboxylic acids is 1. The first kappa shape index (κ1) is 23.2. The van der Waals surface area contributed by atoms with Crippen molar-refractivity contribution >= 4 is 27.5 Å². The number of halogens is 1. The van der Waals surface area contributed by atoms with E-state index in [-0.39, 0.29) is 21.7 Å². The van der Waals surface area contributed by atoms with Gasteiger partial charge in [-0.05, 0) is 75.1 Å². The van der Waals surface area contributed by atoms with Gasteiger partial charge >= 0.3 is 0 Å². The monoisotopic (exact) mass is 438 g/mol. The molecule has 1 amide bonds. The van der Waals surface area contributed by atoms with Gasteiger partial charge in [0.15, 0.2) is 0 Å². The molecule has 0 unspecified atom stereocenters. The molecule has 2 rings (SSSR count). The molecular weight excluding hydrogens is 412 g/mol. The lowest BCUT2D eigenvalue weighted by atomic mass is 9.96. The topological polar surface area (TPSA) is 84.5 Å². The molecule has 158 valence electrons. The van der Waals surface area contributed by atoms with Crippen molar-refractivity contribution in [1.82, 2.24) is 10.0 Å². The van der Waals surface area contributed by atoms with E-state index in [1.165, 1.54) is 37.8 Å². The smallest absolute Gasteiger partial charge is 0.245 e. The Labute approximate surface area is 177 Å². The normalized spacial score (nSPS) is 13.6. The zero-order valence-electron chi connectivity index (χ0n) is 17.5. The average molecular weight is 439 g/mol. The number of aryl methyl sites for hydroxylation is 3. The molecule has 6 nitrogen and oxygen atoms in total. The second kappa shape index (κ2) is 9.15. The number of hydrogen-bond donors (Lipinski definition) is 2. The van der Waals surface area contributed by atoms with Gasteiger partial charge in [-0.3, -0.25) is 4.79 Å². The van der Waals surface area contributed by atoms with E-state index in [9.17, 15) is 13.2 Å². The molecule has 29 heavy (non-hydrogen) atoms. The summed E-state index contributed by atoms with van der Waals surface area (Å²) in [7, 11) is -2.64. The number of amides is 1. The molecule has 0 saturated carbocycles. The Balaban J connectivity index is 2.16. The standard InChI is InChI=1S/C21H27ClN2O4S/c1-12-9-14(3)18(10-13(12)2)15(4)23-21(25)16(5)24-29(26,27)20-11-17(22)7-8-19(20)28-6/h7-11,15-16,24H,1-6H3,(H,23,25)/t15-,16+/m1/s1. The van der Waals surface area contributed by atoms with Crippen LogP contribution in [0.5, 0.6) is 5.75 Å². The minimum absolute atomic E-state index is 0.120. The van der Waals surface area contributed by atoms with E-state index in [0.717, 1.165) is 16.7 Å². The van der Waals surface area contributed by atoms with Gasteiger partial charge in [0, 0.05) is 5.02 Å². The molecule has 0 aromatic heterocycles. The first-order valence-electron chi connectivity index (χ1n) is 9.20. The van der Waals surface area contributed by atoms with Gasteiger partial charge < -0.3 is 10.1 Å². The highest BCUT2D eigenvalue weighted by Crippen LogP contribution is 2.27. The lowest BCUT2D eigenvalue weighted by molar-refractivity contribution is -0.123. The minimum atomic E-state index is -4.01. The molecule has 2 aromatic rings. The summed E-state index contributed by atoms with van der Waals surface area (Å²) in [5.41, 5.74) is 4.38. The van der Waals surface area contributed by atoms with E-state index in [1.54, 1.807) is 0 Å². The number of hydrogen-bond acceptors (Lipinski definition) is 4. The van der Waals surface area contributed by atoms with E-state index in [4.69, 9.17) is 16.3 Å². The quantitative estimate of drug-likeness (QED) is 0.688. The maximum absolute atomic E-state index is 12.7. The molecule has 0 saturated heterocycles. The Kier molecular flexibility index (Phi) is 7.32. The van der Waals surface area contributed by atoms with E-state index in [2.05, 4.69) is 16.1 Å². The zero-order valence-corrected chi connectivity index (χ0v) is 19.0. The van der Waals surface area contributed by atoms with Crippen molar-refractivity contribution in [3.8, 4) is 5.75 Å². The van der Waals surface area contributed by atoms with Crippen LogP contribution in [0.1, 0.15) is 42.1 Å². The van der Waals surface area contributed by atoms with E-state index in [1.807, 2.05) is 33.8 Å². The van der Waals surface area contributed by atoms with Crippen LogP contribution in [0.4, 0.5) is 0 Å². The first-order valence-corrected chi connectivity index (χ1v) is 11.1. The van der Waals surface area contributed by atoms with Crippen molar-refractivity contribution in [3.63, 3.8) is 0 Å². The maximum atomic E-state index is 12.7. The molecule has 2 atom stereocenters. The molecule has 0 aliphatic rings. The summed E-state index contributed by atoms with van der Waals surface area (Å²) in [6.07, 6.45) is 0. The van der Waals surface area contributed by atoms with Crippen LogP contribution in [0.2, 0.25) is 5.02 Å². The van der Waals surface area contributed by atoms with Gasteiger partial charge in [0.25, 0.3) is 0 Å². The summed E-state index contributed by atoms with van der Waals surface area (Å²) >= 11 is 5.93. The minimum Gasteiger partial charge on any atom is -0.495 e. The lowest BCUT2D eigenvalue weighted by Gasteiger charge is -2.21. The van der Waals surface area contributed by atoms with Gasteiger partial charge in [0.05, 0.1) is 19.2 Å². The SMILES string of the molecule is COc1ccc(Cl)cc1S(=O)(=O)N[C@@H](C)C(=O)N[C@H](C)c1cc(C)c(C)cc1C. The van der Waals surface area contributed by atoms with Gasteiger partial charge in [-0.15, -0.1) is 0 Å². The molecule has 0 aliphatic carbocycles. The van der Waals surface area contributed by atoms with Gasteiger partial charge in [-0.1, -0.05) is 23.7 Å². The molecule has 0 bridgehead atoms. The fraction of sp³-hybridized carbons (Fsp3) is 0.381. The summed E-state index contributed by atoms with van der Waals surface area (Å²) in [5.74, 6) is -0.284. The third-order valence-electron chi connectivity index (χ3n) is 4.85. The van der Waals surface area contributed by atoms with Gasteiger partial charge in [0.1, 0.15) is 10.6 Å². The van der Waals surface area contributed by atoms with Gasteiger partial charge in [0.2, 0.25) is 15.9 Å². The Morgan fingerprint density at radius 1 is 1.03 bits per heavy atom. The summed E-state index contributed by atoms with van der Waals surface area (Å²) < 4.78 is 33.0. The van der Waals surface area contributed by atoms with Crippen molar-refractivity contribution in [2.45, 2.75) is 51.6 Å². The summed E-state index contributed by atoms with van der Waals surface area (Å²) in [6.45, 7) is 9.40. The molecular formula is C21H27ClN2O4S. The number of benzene rings is 2. The van der Waals surface area contributed by atoms with Crippen LogP contribution in [0.15, 0.2) is 35.2 Å². The number of nitrogens with one attached hydrogen (secondary N) is 2. The third kappa shape index (κ3) is 5.50. The van der Waals surface area contributed by atoms with Crippen molar-refractivity contribution in [1.29, 1.82) is 0 Å². The van der Waals surface area contributed by atoms with E-state index < -0.39 is 22.0 Å².